The summed E-state index contributed by atoms with van der Waals surface area (Å²) in [6, 6.07) is 7.05. The molecule has 2 heterocycles. The molecule has 3 rings (SSSR count). The molecule has 1 aromatic carbocycles. The minimum absolute atomic E-state index is 0.0692. The molecule has 1 fully saturated rings. The summed E-state index contributed by atoms with van der Waals surface area (Å²) in [5.41, 5.74) is 0.839. The number of hydrogen-bond donors (Lipinski definition) is 2. The van der Waals surface area contributed by atoms with Crippen molar-refractivity contribution in [1.29, 1.82) is 0 Å². The molecule has 1 aliphatic heterocycles. The van der Waals surface area contributed by atoms with E-state index in [1.807, 2.05) is 19.9 Å². The topological polar surface area (TPSA) is 71.1 Å². The van der Waals surface area contributed by atoms with Crippen molar-refractivity contribution in [3.63, 3.8) is 0 Å². The normalized spacial score (nSPS) is 18.2. The lowest BCUT2D eigenvalue weighted by Gasteiger charge is -2.28. The number of hydrogen-bond acceptors (Lipinski definition) is 4. The minimum atomic E-state index is -3.55. The Balaban J connectivity index is 1.92. The van der Waals surface area contributed by atoms with Crippen LogP contribution in [-0.2, 0) is 10.0 Å². The number of sulfonamides is 1. The maximum Gasteiger partial charge on any atom is 0.241 e. The molecule has 0 saturated carbocycles. The zero-order valence-electron chi connectivity index (χ0n) is 13.5. The van der Waals surface area contributed by atoms with Gasteiger partial charge in [0.15, 0.2) is 0 Å². The number of nitrogens with zero attached hydrogens (tertiary/aromatic N) is 1. The van der Waals surface area contributed by atoms with Gasteiger partial charge in [0.25, 0.3) is 0 Å². The number of fused-ring (bicyclic) bond motifs is 1. The highest BCUT2D eigenvalue weighted by atomic mass is 32.2. The monoisotopic (exact) mass is 333 g/mol. The van der Waals surface area contributed by atoms with E-state index in [0.29, 0.717) is 10.8 Å². The molecule has 0 bridgehead atoms. The summed E-state index contributed by atoms with van der Waals surface area (Å²) < 4.78 is 28.6. The maximum atomic E-state index is 12.9. The SMILES string of the molecule is Cc1nccc2c(S(=O)(=O)N[C@H](C)C3CCNCC3)cccc12. The highest BCUT2D eigenvalue weighted by molar-refractivity contribution is 7.89. The molecule has 1 aliphatic rings. The van der Waals surface area contributed by atoms with E-state index in [4.69, 9.17) is 0 Å². The van der Waals surface area contributed by atoms with Crippen molar-refractivity contribution in [2.45, 2.75) is 37.6 Å². The van der Waals surface area contributed by atoms with Gasteiger partial charge in [0.05, 0.1) is 4.90 Å². The smallest absolute Gasteiger partial charge is 0.241 e. The van der Waals surface area contributed by atoms with Crippen molar-refractivity contribution in [3.05, 3.63) is 36.2 Å². The molecule has 0 spiro atoms. The van der Waals surface area contributed by atoms with E-state index in [-0.39, 0.29) is 6.04 Å². The summed E-state index contributed by atoms with van der Waals surface area (Å²) in [6.07, 6.45) is 3.66. The van der Waals surface area contributed by atoms with Gasteiger partial charge in [-0.15, -0.1) is 0 Å². The van der Waals surface area contributed by atoms with Crippen LogP contribution in [0.3, 0.4) is 0 Å². The van der Waals surface area contributed by atoms with Crippen molar-refractivity contribution in [2.24, 2.45) is 5.92 Å². The van der Waals surface area contributed by atoms with Gasteiger partial charge in [-0.3, -0.25) is 4.98 Å². The van der Waals surface area contributed by atoms with Gasteiger partial charge >= 0.3 is 0 Å². The number of aryl methyl sites for hydroxylation is 1. The summed E-state index contributed by atoms with van der Waals surface area (Å²) in [7, 11) is -3.55. The van der Waals surface area contributed by atoms with Crippen LogP contribution in [-0.4, -0.2) is 32.5 Å². The van der Waals surface area contributed by atoms with Crippen LogP contribution in [0.1, 0.15) is 25.5 Å². The number of benzene rings is 1. The lowest BCUT2D eigenvalue weighted by atomic mass is 9.92. The van der Waals surface area contributed by atoms with Crippen LogP contribution >= 0.6 is 0 Å². The number of aromatic nitrogens is 1. The Bertz CT molecular complexity index is 799. The molecule has 1 atom stereocenters. The van der Waals surface area contributed by atoms with Gasteiger partial charge in [-0.25, -0.2) is 13.1 Å². The van der Waals surface area contributed by atoms with Crippen LogP contribution in [0.4, 0.5) is 0 Å². The molecule has 0 amide bonds. The number of rotatable bonds is 4. The first-order chi connectivity index (χ1) is 11.0. The largest absolute Gasteiger partial charge is 0.317 e. The van der Waals surface area contributed by atoms with Crippen LogP contribution in [0.5, 0.6) is 0 Å². The van der Waals surface area contributed by atoms with Crippen molar-refractivity contribution in [2.75, 3.05) is 13.1 Å². The lowest BCUT2D eigenvalue weighted by Crippen LogP contribution is -2.42. The molecule has 0 aliphatic carbocycles. The Kier molecular flexibility index (Phi) is 4.66. The van der Waals surface area contributed by atoms with Crippen molar-refractivity contribution in [3.8, 4) is 0 Å². The first-order valence-corrected chi connectivity index (χ1v) is 9.55. The molecule has 5 nitrogen and oxygen atoms in total. The number of pyridine rings is 1. The van der Waals surface area contributed by atoms with E-state index in [9.17, 15) is 8.42 Å². The Labute approximate surface area is 137 Å². The third-order valence-corrected chi connectivity index (χ3v) is 6.30. The van der Waals surface area contributed by atoms with E-state index < -0.39 is 10.0 Å². The highest BCUT2D eigenvalue weighted by Crippen LogP contribution is 2.25. The molecule has 1 saturated heterocycles. The van der Waals surface area contributed by atoms with E-state index in [1.54, 1.807) is 24.4 Å². The lowest BCUT2D eigenvalue weighted by molar-refractivity contribution is 0.316. The molecule has 23 heavy (non-hydrogen) atoms. The number of piperidine rings is 1. The van der Waals surface area contributed by atoms with Crippen LogP contribution in [0.25, 0.3) is 10.8 Å². The quantitative estimate of drug-likeness (QED) is 0.900. The molecule has 2 N–H and O–H groups in total. The average Bonchev–Trinajstić information content (AvgIpc) is 2.55. The molecule has 0 unspecified atom stereocenters. The molecule has 0 radical (unpaired) electrons. The van der Waals surface area contributed by atoms with Gasteiger partial charge < -0.3 is 5.32 Å². The standard InChI is InChI=1S/C17H23N3O2S/c1-12(14-6-9-18-10-7-14)20-23(21,22)17-5-3-4-15-13(2)19-11-8-16(15)17/h3-5,8,11-12,14,18,20H,6-7,9-10H2,1-2H3/t12-/m1/s1. The second-order valence-corrected chi connectivity index (χ2v) is 7.93. The van der Waals surface area contributed by atoms with Gasteiger partial charge in [0.2, 0.25) is 10.0 Å². The summed E-state index contributed by atoms with van der Waals surface area (Å²) in [6.45, 7) is 5.76. The predicted molar refractivity (Wildman–Crippen MR) is 91.9 cm³/mol. The Morgan fingerprint density at radius 3 is 2.70 bits per heavy atom. The first kappa shape index (κ1) is 16.4. The Hall–Kier alpha value is -1.50. The first-order valence-electron chi connectivity index (χ1n) is 8.06. The Morgan fingerprint density at radius 2 is 1.96 bits per heavy atom. The molecular weight excluding hydrogens is 310 g/mol. The van der Waals surface area contributed by atoms with Crippen molar-refractivity contribution < 1.29 is 8.42 Å². The molecule has 124 valence electrons. The highest BCUT2D eigenvalue weighted by Gasteiger charge is 2.26. The third-order valence-electron chi connectivity index (χ3n) is 4.69. The summed E-state index contributed by atoms with van der Waals surface area (Å²) in [4.78, 5) is 4.58. The van der Waals surface area contributed by atoms with E-state index in [0.717, 1.165) is 42.4 Å². The fourth-order valence-electron chi connectivity index (χ4n) is 3.31. The van der Waals surface area contributed by atoms with Crippen LogP contribution in [0.2, 0.25) is 0 Å². The van der Waals surface area contributed by atoms with Crippen LogP contribution in [0.15, 0.2) is 35.4 Å². The number of nitrogens with one attached hydrogen (secondary N) is 2. The van der Waals surface area contributed by atoms with Crippen molar-refractivity contribution in [1.82, 2.24) is 15.0 Å². The van der Waals surface area contributed by atoms with E-state index in [2.05, 4.69) is 15.0 Å². The second-order valence-electron chi connectivity index (χ2n) is 6.25. The van der Waals surface area contributed by atoms with Gasteiger partial charge in [-0.1, -0.05) is 12.1 Å². The molecule has 1 aromatic heterocycles. The maximum absolute atomic E-state index is 12.9. The predicted octanol–water partition coefficient (Wildman–Crippen LogP) is 2.21. The summed E-state index contributed by atoms with van der Waals surface area (Å²) >= 11 is 0. The summed E-state index contributed by atoms with van der Waals surface area (Å²) in [5.74, 6) is 0.379. The molecule has 6 heteroatoms. The van der Waals surface area contributed by atoms with Gasteiger partial charge in [0, 0.05) is 28.7 Å². The van der Waals surface area contributed by atoms with Gasteiger partial charge in [-0.2, -0.15) is 0 Å². The molecule has 2 aromatic rings. The second kappa shape index (κ2) is 6.55. The van der Waals surface area contributed by atoms with Crippen LogP contribution < -0.4 is 10.0 Å². The van der Waals surface area contributed by atoms with E-state index >= 15 is 0 Å². The zero-order chi connectivity index (χ0) is 16.4. The van der Waals surface area contributed by atoms with Gasteiger partial charge in [0.1, 0.15) is 0 Å². The van der Waals surface area contributed by atoms with E-state index in [1.165, 1.54) is 0 Å². The molecular formula is C17H23N3O2S. The Morgan fingerprint density at radius 1 is 1.22 bits per heavy atom. The zero-order valence-corrected chi connectivity index (χ0v) is 14.4. The fraction of sp³-hybridized carbons (Fsp3) is 0.471. The fourth-order valence-corrected chi connectivity index (χ4v) is 4.84. The summed E-state index contributed by atoms with van der Waals surface area (Å²) in [5, 5.41) is 4.92. The minimum Gasteiger partial charge on any atom is -0.317 e. The van der Waals surface area contributed by atoms with Gasteiger partial charge in [-0.05, 0) is 57.8 Å². The van der Waals surface area contributed by atoms with Crippen molar-refractivity contribution >= 4 is 20.8 Å². The average molecular weight is 333 g/mol. The third kappa shape index (κ3) is 3.39. The van der Waals surface area contributed by atoms with Crippen LogP contribution in [0, 0.1) is 12.8 Å².